The lowest BCUT2D eigenvalue weighted by Gasteiger charge is -2.05. The van der Waals surface area contributed by atoms with Gasteiger partial charge in [-0.15, -0.1) is 10.2 Å². The molecule has 0 saturated heterocycles. The normalized spacial score (nSPS) is 11.4. The number of hydrogen-bond acceptors (Lipinski definition) is 6. The van der Waals surface area contributed by atoms with Crippen LogP contribution in [0.15, 0.2) is 35.4 Å². The fraction of sp³-hybridized carbons (Fsp3) is 0.222. The van der Waals surface area contributed by atoms with Crippen LogP contribution in [0.5, 0.6) is 0 Å². The first-order chi connectivity index (χ1) is 13.5. The van der Waals surface area contributed by atoms with Gasteiger partial charge in [-0.2, -0.15) is 9.61 Å². The molecule has 0 amide bonds. The summed E-state index contributed by atoms with van der Waals surface area (Å²) in [5.41, 5.74) is 2.83. The minimum atomic E-state index is -0.999. The Balaban J connectivity index is 1.93. The number of carboxylic acid groups (broad SMARTS) is 1. The van der Waals surface area contributed by atoms with Gasteiger partial charge in [0.05, 0.1) is 17.7 Å². The van der Waals surface area contributed by atoms with E-state index < -0.39 is 11.5 Å². The smallest absolute Gasteiger partial charge is 0.305 e. The van der Waals surface area contributed by atoms with Crippen molar-refractivity contribution in [2.24, 2.45) is 0 Å². The van der Waals surface area contributed by atoms with E-state index in [0.29, 0.717) is 17.1 Å². The largest absolute Gasteiger partial charge is 0.481 e. The third kappa shape index (κ3) is 2.99. The summed E-state index contributed by atoms with van der Waals surface area (Å²) < 4.78 is 2.72. The molecule has 4 aromatic rings. The SMILES string of the molecule is CCc1nn2c(nnc3c(=O)n(CCC(=O)O)cnc32)c1-c1ccc(Cl)cc1. The number of aryl methyl sites for hydroxylation is 2. The number of benzene rings is 1. The Bertz CT molecular complexity index is 1260. The summed E-state index contributed by atoms with van der Waals surface area (Å²) in [6, 6.07) is 7.32. The van der Waals surface area contributed by atoms with Crippen LogP contribution >= 0.6 is 11.6 Å². The van der Waals surface area contributed by atoms with E-state index in [1.807, 2.05) is 19.1 Å². The van der Waals surface area contributed by atoms with Gasteiger partial charge in [0.1, 0.15) is 6.33 Å². The third-order valence-corrected chi connectivity index (χ3v) is 4.66. The molecule has 9 nitrogen and oxygen atoms in total. The summed E-state index contributed by atoms with van der Waals surface area (Å²) >= 11 is 5.99. The monoisotopic (exact) mass is 398 g/mol. The molecule has 0 unspecified atom stereocenters. The lowest BCUT2D eigenvalue weighted by atomic mass is 10.0. The maximum Gasteiger partial charge on any atom is 0.305 e. The lowest BCUT2D eigenvalue weighted by Crippen LogP contribution is -2.24. The Labute approximate surface area is 163 Å². The zero-order valence-electron chi connectivity index (χ0n) is 14.8. The van der Waals surface area contributed by atoms with E-state index in [9.17, 15) is 9.59 Å². The van der Waals surface area contributed by atoms with E-state index in [4.69, 9.17) is 16.7 Å². The number of carboxylic acids is 1. The van der Waals surface area contributed by atoms with E-state index >= 15 is 0 Å². The number of carbonyl (C=O) groups is 1. The Morgan fingerprint density at radius 1 is 1.18 bits per heavy atom. The second-order valence-electron chi connectivity index (χ2n) is 6.18. The molecule has 10 heteroatoms. The van der Waals surface area contributed by atoms with Crippen molar-refractivity contribution in [3.63, 3.8) is 0 Å². The standard InChI is InChI=1S/C18H15ClN6O3/c1-2-12-14(10-3-5-11(19)6-4-10)16-22-21-15-17(25(16)23-12)20-9-24(18(15)28)8-7-13(26)27/h3-6,9H,2,7-8H2,1H3,(H,26,27). The van der Waals surface area contributed by atoms with Gasteiger partial charge in [0.15, 0.2) is 16.8 Å². The van der Waals surface area contributed by atoms with Gasteiger partial charge in [-0.05, 0) is 24.1 Å². The van der Waals surface area contributed by atoms with Gasteiger partial charge in [-0.1, -0.05) is 30.7 Å². The van der Waals surface area contributed by atoms with Crippen LogP contribution in [-0.4, -0.2) is 40.4 Å². The highest BCUT2D eigenvalue weighted by molar-refractivity contribution is 6.30. The zero-order valence-corrected chi connectivity index (χ0v) is 15.6. The summed E-state index contributed by atoms with van der Waals surface area (Å²) in [6.07, 6.45) is 1.77. The van der Waals surface area contributed by atoms with Crippen LogP contribution in [0, 0.1) is 0 Å². The maximum atomic E-state index is 12.6. The van der Waals surface area contributed by atoms with Gasteiger partial charge in [0, 0.05) is 11.6 Å². The molecule has 0 fully saturated rings. The van der Waals surface area contributed by atoms with Crippen LogP contribution in [0.3, 0.4) is 0 Å². The predicted molar refractivity (Wildman–Crippen MR) is 102 cm³/mol. The molecule has 0 bridgehead atoms. The van der Waals surface area contributed by atoms with E-state index in [2.05, 4.69) is 20.3 Å². The molecule has 0 aliphatic heterocycles. The number of rotatable bonds is 5. The first kappa shape index (κ1) is 18.1. The quantitative estimate of drug-likeness (QED) is 0.547. The number of aliphatic carboxylic acids is 1. The van der Waals surface area contributed by atoms with Crippen LogP contribution < -0.4 is 5.56 Å². The number of aromatic nitrogens is 6. The molecule has 4 rings (SSSR count). The predicted octanol–water partition coefficient (Wildman–Crippen LogP) is 2.19. The van der Waals surface area contributed by atoms with Crippen molar-refractivity contribution < 1.29 is 9.90 Å². The molecule has 0 saturated carbocycles. The number of halogens is 1. The van der Waals surface area contributed by atoms with Crippen molar-refractivity contribution in [1.82, 2.24) is 29.4 Å². The molecule has 0 radical (unpaired) electrons. The van der Waals surface area contributed by atoms with Gasteiger partial charge in [0.25, 0.3) is 5.56 Å². The zero-order chi connectivity index (χ0) is 19.8. The molecule has 28 heavy (non-hydrogen) atoms. The molecule has 142 valence electrons. The first-order valence-corrected chi connectivity index (χ1v) is 8.98. The average Bonchev–Trinajstić information content (AvgIpc) is 3.07. The summed E-state index contributed by atoms with van der Waals surface area (Å²) in [4.78, 5) is 27.7. The van der Waals surface area contributed by atoms with Gasteiger partial charge in [0.2, 0.25) is 0 Å². The van der Waals surface area contributed by atoms with Crippen LogP contribution in [0.4, 0.5) is 0 Å². The Hall–Kier alpha value is -3.33. The van der Waals surface area contributed by atoms with Crippen molar-refractivity contribution in [3.05, 3.63) is 51.7 Å². The molecule has 3 heterocycles. The minimum Gasteiger partial charge on any atom is -0.481 e. The van der Waals surface area contributed by atoms with Gasteiger partial charge < -0.3 is 5.11 Å². The third-order valence-electron chi connectivity index (χ3n) is 4.41. The summed E-state index contributed by atoms with van der Waals surface area (Å²) in [6.45, 7) is 1.98. The van der Waals surface area contributed by atoms with E-state index in [1.54, 1.807) is 12.1 Å². The van der Waals surface area contributed by atoms with Crippen molar-refractivity contribution in [3.8, 4) is 11.1 Å². The molecule has 0 aliphatic carbocycles. The number of fused-ring (bicyclic) bond motifs is 3. The van der Waals surface area contributed by atoms with Gasteiger partial charge >= 0.3 is 5.97 Å². The first-order valence-electron chi connectivity index (χ1n) is 8.60. The highest BCUT2D eigenvalue weighted by atomic mass is 35.5. The summed E-state index contributed by atoms with van der Waals surface area (Å²) in [7, 11) is 0. The molecule has 0 spiro atoms. The molecule has 1 aromatic carbocycles. The van der Waals surface area contributed by atoms with Crippen LogP contribution in [0.1, 0.15) is 19.0 Å². The summed E-state index contributed by atoms with van der Waals surface area (Å²) in [5.74, 6) is -0.999. The van der Waals surface area contributed by atoms with Crippen molar-refractivity contribution in [2.45, 2.75) is 26.3 Å². The highest BCUT2D eigenvalue weighted by Crippen LogP contribution is 2.29. The van der Waals surface area contributed by atoms with Crippen LogP contribution in [-0.2, 0) is 17.8 Å². The van der Waals surface area contributed by atoms with Crippen LogP contribution in [0.2, 0.25) is 5.02 Å². The topological polar surface area (TPSA) is 115 Å². The molecular formula is C18H15ClN6O3. The second kappa shape index (κ2) is 7.01. The maximum absolute atomic E-state index is 12.6. The Kier molecular flexibility index (Phi) is 4.52. The summed E-state index contributed by atoms with van der Waals surface area (Å²) in [5, 5.41) is 22.3. The van der Waals surface area contributed by atoms with Crippen molar-refractivity contribution in [1.29, 1.82) is 0 Å². The number of nitrogens with zero attached hydrogens (tertiary/aromatic N) is 6. The minimum absolute atomic E-state index is 0.00612. The van der Waals surface area contributed by atoms with Crippen molar-refractivity contribution in [2.75, 3.05) is 0 Å². The Morgan fingerprint density at radius 2 is 1.93 bits per heavy atom. The molecule has 0 atom stereocenters. The Morgan fingerprint density at radius 3 is 2.61 bits per heavy atom. The van der Waals surface area contributed by atoms with Gasteiger partial charge in [-0.3, -0.25) is 14.2 Å². The molecule has 3 aromatic heterocycles. The highest BCUT2D eigenvalue weighted by Gasteiger charge is 2.19. The molecule has 1 N–H and O–H groups in total. The molecule has 0 aliphatic rings. The van der Waals surface area contributed by atoms with Gasteiger partial charge in [-0.25, -0.2) is 4.98 Å². The van der Waals surface area contributed by atoms with Crippen LogP contribution in [0.25, 0.3) is 27.9 Å². The second-order valence-corrected chi connectivity index (χ2v) is 6.61. The fourth-order valence-electron chi connectivity index (χ4n) is 3.04. The van der Waals surface area contributed by atoms with E-state index in [0.717, 1.165) is 16.8 Å². The van der Waals surface area contributed by atoms with Crippen molar-refractivity contribution >= 4 is 34.4 Å². The number of hydrogen-bond donors (Lipinski definition) is 1. The lowest BCUT2D eigenvalue weighted by molar-refractivity contribution is -0.137. The van der Waals surface area contributed by atoms with E-state index in [1.165, 1.54) is 15.4 Å². The van der Waals surface area contributed by atoms with E-state index in [-0.39, 0.29) is 24.1 Å². The average molecular weight is 399 g/mol. The fourth-order valence-corrected chi connectivity index (χ4v) is 3.16. The molecular weight excluding hydrogens is 384 g/mol.